The number of aliphatic hydroxyl groups is 1. The van der Waals surface area contributed by atoms with Crippen molar-refractivity contribution in [3.8, 4) is 45.3 Å². The topological polar surface area (TPSA) is 93.1 Å². The summed E-state index contributed by atoms with van der Waals surface area (Å²) in [5.74, 6) is 2.08. The van der Waals surface area contributed by atoms with Crippen molar-refractivity contribution in [1.82, 2.24) is 0 Å². The number of sulfone groups is 1. The predicted octanol–water partition coefficient (Wildman–Crippen LogP) is 11.1. The minimum absolute atomic E-state index is 0.174. The molecule has 6 rings (SSSR count). The van der Waals surface area contributed by atoms with E-state index in [0.717, 1.165) is 39.8 Å². The van der Waals surface area contributed by atoms with Crippen LogP contribution in [-0.4, -0.2) is 18.6 Å². The molecule has 0 heterocycles. The number of phenolic OH excluding ortho intramolecular Hbond substituents is 1. The van der Waals surface area contributed by atoms with Gasteiger partial charge in [-0.05, 0) is 133 Å². The van der Waals surface area contributed by atoms with Gasteiger partial charge in [0.25, 0.3) is 0 Å². The second-order valence-corrected chi connectivity index (χ2v) is 15.4. The Labute approximate surface area is 306 Å². The zero-order valence-corrected chi connectivity index (χ0v) is 30.7. The van der Waals surface area contributed by atoms with Crippen LogP contribution in [0.1, 0.15) is 58.1 Å². The maximum atomic E-state index is 13.6. The summed E-state index contributed by atoms with van der Waals surface area (Å²) < 4.78 is 39.6. The van der Waals surface area contributed by atoms with Gasteiger partial charge in [-0.15, -0.1) is 0 Å². The van der Waals surface area contributed by atoms with Crippen molar-refractivity contribution in [3.63, 3.8) is 0 Å². The van der Waals surface area contributed by atoms with Gasteiger partial charge in [0.2, 0.25) is 9.84 Å². The fourth-order valence-corrected chi connectivity index (χ4v) is 7.54. The van der Waals surface area contributed by atoms with Crippen molar-refractivity contribution >= 4 is 9.84 Å². The van der Waals surface area contributed by atoms with Gasteiger partial charge in [-0.3, -0.25) is 0 Å². The van der Waals surface area contributed by atoms with Gasteiger partial charge >= 0.3 is 0 Å². The molecule has 0 saturated carbocycles. The van der Waals surface area contributed by atoms with E-state index < -0.39 is 21.0 Å². The molecule has 6 aromatic rings. The highest BCUT2D eigenvalue weighted by Gasteiger charge is 2.28. The first kappa shape index (κ1) is 36.4. The lowest BCUT2D eigenvalue weighted by Crippen LogP contribution is -2.28. The lowest BCUT2D eigenvalue weighted by Gasteiger charge is -2.30. The Balaban J connectivity index is 1.09. The van der Waals surface area contributed by atoms with E-state index in [1.165, 1.54) is 0 Å². The van der Waals surface area contributed by atoms with Crippen LogP contribution in [0.25, 0.3) is 22.3 Å². The van der Waals surface area contributed by atoms with Gasteiger partial charge in [-0.1, -0.05) is 93.1 Å². The Morgan fingerprint density at radius 3 is 1.38 bits per heavy atom. The first-order valence-electron chi connectivity index (χ1n) is 17.6. The van der Waals surface area contributed by atoms with Crippen molar-refractivity contribution < 1.29 is 28.1 Å². The summed E-state index contributed by atoms with van der Waals surface area (Å²) in [5, 5.41) is 20.3. The van der Waals surface area contributed by atoms with Crippen LogP contribution in [-0.2, 0) is 21.0 Å². The van der Waals surface area contributed by atoms with Crippen LogP contribution in [0.4, 0.5) is 0 Å². The number of benzene rings is 6. The maximum Gasteiger partial charge on any atom is 0.206 e. The first-order valence-corrected chi connectivity index (χ1v) is 19.0. The van der Waals surface area contributed by atoms with Crippen molar-refractivity contribution in [1.29, 1.82) is 0 Å². The molecular weight excluding hydrogens is 669 g/mol. The van der Waals surface area contributed by atoms with Gasteiger partial charge in [-0.25, -0.2) is 8.42 Å². The first-order chi connectivity index (χ1) is 24.9. The molecule has 0 aliphatic rings. The molecule has 2 N–H and O–H groups in total. The summed E-state index contributed by atoms with van der Waals surface area (Å²) >= 11 is 0. The van der Waals surface area contributed by atoms with E-state index in [0.29, 0.717) is 30.1 Å². The lowest BCUT2D eigenvalue weighted by atomic mass is 9.90. The third-order valence-electron chi connectivity index (χ3n) is 9.65. The highest BCUT2D eigenvalue weighted by Crippen LogP contribution is 2.35. The van der Waals surface area contributed by atoms with E-state index in [4.69, 9.17) is 9.47 Å². The molecule has 0 aromatic heterocycles. The van der Waals surface area contributed by atoms with E-state index >= 15 is 0 Å². The average Bonchev–Trinajstić information content (AvgIpc) is 3.16. The maximum absolute atomic E-state index is 13.6. The number of rotatable bonds is 13. The second-order valence-electron chi connectivity index (χ2n) is 13.5. The smallest absolute Gasteiger partial charge is 0.206 e. The van der Waals surface area contributed by atoms with Crippen molar-refractivity contribution in [3.05, 3.63) is 157 Å². The summed E-state index contributed by atoms with van der Waals surface area (Å²) in [4.78, 5) is 0.367. The molecule has 52 heavy (non-hydrogen) atoms. The fourth-order valence-electron chi connectivity index (χ4n) is 6.28. The summed E-state index contributed by atoms with van der Waals surface area (Å²) in [5.41, 5.74) is 4.29. The highest BCUT2D eigenvalue weighted by atomic mass is 32.2. The zero-order chi connectivity index (χ0) is 36.9. The normalized spacial score (nSPS) is 13.9. The van der Waals surface area contributed by atoms with E-state index in [9.17, 15) is 18.6 Å². The molecule has 266 valence electrons. The summed E-state index contributed by atoms with van der Waals surface area (Å²) in [7, 11) is -3.77. The summed E-state index contributed by atoms with van der Waals surface area (Å²) in [6.45, 7) is 7.94. The molecule has 2 atom stereocenters. The molecule has 0 radical (unpaired) electrons. The molecule has 6 nitrogen and oxygen atoms in total. The molecule has 6 aromatic carbocycles. The van der Waals surface area contributed by atoms with E-state index in [1.54, 1.807) is 48.5 Å². The van der Waals surface area contributed by atoms with E-state index in [1.807, 2.05) is 118 Å². The largest absolute Gasteiger partial charge is 0.508 e. The minimum Gasteiger partial charge on any atom is -0.508 e. The summed E-state index contributed by atoms with van der Waals surface area (Å²) in [6.07, 6.45) is 2.27. The predicted molar refractivity (Wildman–Crippen MR) is 207 cm³/mol. The van der Waals surface area contributed by atoms with Gasteiger partial charge < -0.3 is 19.7 Å². The number of ether oxygens (including phenoxy) is 2. The quantitative estimate of drug-likeness (QED) is 0.124. The van der Waals surface area contributed by atoms with Gasteiger partial charge in [0, 0.05) is 0 Å². The van der Waals surface area contributed by atoms with Crippen LogP contribution in [0.3, 0.4) is 0 Å². The molecule has 0 spiro atoms. The molecule has 7 heteroatoms. The Morgan fingerprint density at radius 1 is 0.538 bits per heavy atom. The Kier molecular flexibility index (Phi) is 10.6. The lowest BCUT2D eigenvalue weighted by molar-refractivity contribution is 0.0470. The van der Waals surface area contributed by atoms with Crippen molar-refractivity contribution in [2.24, 2.45) is 0 Å². The van der Waals surface area contributed by atoms with Crippen LogP contribution in [0.15, 0.2) is 155 Å². The van der Waals surface area contributed by atoms with Gasteiger partial charge in [0.05, 0.1) is 15.4 Å². The van der Waals surface area contributed by atoms with Gasteiger partial charge in [0.15, 0.2) is 0 Å². The third kappa shape index (κ3) is 8.07. The Bertz CT molecular complexity index is 2190. The molecule has 0 amide bonds. The number of hydrogen-bond donors (Lipinski definition) is 2. The van der Waals surface area contributed by atoms with Gasteiger partial charge in [-0.2, -0.15) is 0 Å². The SMILES string of the molecule is CCCC(C)(O)c1ccc(-c2ccc(Oc3ccc(S(=O)(=O)c4ccc(C(C)(CC)Oc5ccc(-c6ccc(O)cc6)cc5)cc4)cc3)cc2)cc1. The third-order valence-corrected chi connectivity index (χ3v) is 11.4. The molecule has 2 unspecified atom stereocenters. The molecule has 0 aliphatic heterocycles. The van der Waals surface area contributed by atoms with Crippen LogP contribution in [0.5, 0.6) is 23.0 Å². The molecular formula is C45H44O6S. The molecule has 0 bridgehead atoms. The van der Waals surface area contributed by atoms with Gasteiger partial charge in [0.1, 0.15) is 28.6 Å². The number of hydrogen-bond acceptors (Lipinski definition) is 6. The minimum atomic E-state index is -3.77. The fraction of sp³-hybridized carbons (Fsp3) is 0.200. The zero-order valence-electron chi connectivity index (χ0n) is 29.9. The highest BCUT2D eigenvalue weighted by molar-refractivity contribution is 7.91. The molecule has 0 fully saturated rings. The average molecular weight is 713 g/mol. The van der Waals surface area contributed by atoms with Crippen molar-refractivity contribution in [2.45, 2.75) is 68.0 Å². The second kappa shape index (κ2) is 15.1. The van der Waals surface area contributed by atoms with Crippen LogP contribution in [0, 0.1) is 0 Å². The Morgan fingerprint density at radius 2 is 0.923 bits per heavy atom. The Hall–Kier alpha value is -5.37. The summed E-state index contributed by atoms with van der Waals surface area (Å²) in [6, 6.07) is 43.8. The number of phenols is 1. The van der Waals surface area contributed by atoms with Crippen LogP contribution < -0.4 is 9.47 Å². The standard InChI is InChI=1S/C45H44O6S/c1-5-31-44(3,47)36-15-7-32(8-16-36)34-11-21-39(22-12-34)50-40-25-29-43(30-26-40)52(48,49)42-27-17-37(18-28-42)45(4,6-2)51-41-23-13-35(14-24-41)33-9-19-38(46)20-10-33/h7-30,46-47H,5-6,31H2,1-4H3. The van der Waals surface area contributed by atoms with Crippen LogP contribution >= 0.6 is 0 Å². The van der Waals surface area contributed by atoms with E-state index in [-0.39, 0.29) is 15.5 Å². The monoisotopic (exact) mass is 712 g/mol. The number of aromatic hydroxyl groups is 1. The van der Waals surface area contributed by atoms with Crippen LogP contribution in [0.2, 0.25) is 0 Å². The molecule has 0 saturated heterocycles. The van der Waals surface area contributed by atoms with E-state index in [2.05, 4.69) is 6.92 Å². The van der Waals surface area contributed by atoms with Crippen molar-refractivity contribution in [2.75, 3.05) is 0 Å². The molecule has 0 aliphatic carbocycles.